The molecule has 0 saturated carbocycles. The van der Waals surface area contributed by atoms with Crippen molar-refractivity contribution in [2.24, 2.45) is 0 Å². The van der Waals surface area contributed by atoms with Gasteiger partial charge in [-0.2, -0.15) is 0 Å². The quantitative estimate of drug-likeness (QED) is 0.237. The Hall–Kier alpha value is -4.30. The predicted octanol–water partition coefficient (Wildman–Crippen LogP) is 6.53. The number of carbonyl (C=O) groups excluding carboxylic acids is 2. The van der Waals surface area contributed by atoms with Gasteiger partial charge in [-0.3, -0.25) is 9.59 Å². The standard InChI is InChI=1S/C33H33BrN4O3/c1-23(24-8-4-3-5-9-24)35-33(40)28-22-27(36-32(39)25-12-14-26(34)15-13-25)16-17-29(28)37-18-20-38(21-19-37)30-10-6-7-11-31(30)41-2/h3-17,22-23H,18-21H2,1-2H3,(H,35,40)(H,36,39). The first-order valence-corrected chi connectivity index (χ1v) is 14.4. The summed E-state index contributed by atoms with van der Waals surface area (Å²) in [4.78, 5) is 31.2. The van der Waals surface area contributed by atoms with Crippen LogP contribution in [0.1, 0.15) is 39.2 Å². The Kier molecular flexibility index (Phi) is 8.89. The van der Waals surface area contributed by atoms with Gasteiger partial charge in [-0.05, 0) is 67.1 Å². The van der Waals surface area contributed by atoms with Gasteiger partial charge in [0.2, 0.25) is 0 Å². The van der Waals surface area contributed by atoms with Crippen LogP contribution in [0.2, 0.25) is 0 Å². The summed E-state index contributed by atoms with van der Waals surface area (Å²) in [6.07, 6.45) is 0. The number of nitrogens with one attached hydrogen (secondary N) is 2. The second kappa shape index (κ2) is 12.9. The molecule has 4 aromatic carbocycles. The van der Waals surface area contributed by atoms with Crippen molar-refractivity contribution in [3.05, 3.63) is 118 Å². The molecule has 0 aliphatic carbocycles. The lowest BCUT2D eigenvalue weighted by molar-refractivity contribution is 0.0939. The fourth-order valence-electron chi connectivity index (χ4n) is 5.05. The molecule has 4 aromatic rings. The maximum absolute atomic E-state index is 13.7. The van der Waals surface area contributed by atoms with Crippen molar-refractivity contribution in [3.8, 4) is 5.75 Å². The number of methoxy groups -OCH3 is 1. The van der Waals surface area contributed by atoms with E-state index in [1.165, 1.54) is 0 Å². The van der Waals surface area contributed by atoms with Crippen molar-refractivity contribution in [1.29, 1.82) is 0 Å². The van der Waals surface area contributed by atoms with Gasteiger partial charge in [0.15, 0.2) is 0 Å². The summed E-state index contributed by atoms with van der Waals surface area (Å²) in [5.74, 6) is 0.421. The van der Waals surface area contributed by atoms with Gasteiger partial charge in [0, 0.05) is 47.6 Å². The fraction of sp³-hybridized carbons (Fsp3) is 0.212. The lowest BCUT2D eigenvalue weighted by atomic mass is 10.1. The fourth-order valence-corrected chi connectivity index (χ4v) is 5.32. The molecule has 0 spiro atoms. The van der Waals surface area contributed by atoms with E-state index in [2.05, 4.69) is 42.4 Å². The predicted molar refractivity (Wildman–Crippen MR) is 168 cm³/mol. The summed E-state index contributed by atoms with van der Waals surface area (Å²) in [6.45, 7) is 5.00. The van der Waals surface area contributed by atoms with E-state index in [4.69, 9.17) is 4.74 Å². The Bertz CT molecular complexity index is 1500. The Labute approximate surface area is 249 Å². The molecule has 41 heavy (non-hydrogen) atoms. The zero-order valence-corrected chi connectivity index (χ0v) is 24.7. The van der Waals surface area contributed by atoms with Crippen LogP contribution in [0.5, 0.6) is 5.75 Å². The van der Waals surface area contributed by atoms with E-state index in [0.717, 1.165) is 53.3 Å². The molecule has 7 nitrogen and oxygen atoms in total. The molecule has 5 rings (SSSR count). The van der Waals surface area contributed by atoms with Crippen LogP contribution in [0.25, 0.3) is 0 Å². The molecule has 1 saturated heterocycles. The van der Waals surface area contributed by atoms with Crippen LogP contribution in [-0.2, 0) is 0 Å². The highest BCUT2D eigenvalue weighted by atomic mass is 79.9. The van der Waals surface area contributed by atoms with E-state index < -0.39 is 0 Å². The molecular formula is C33H33BrN4O3. The zero-order chi connectivity index (χ0) is 28.8. The summed E-state index contributed by atoms with van der Waals surface area (Å²) >= 11 is 3.40. The molecular weight excluding hydrogens is 580 g/mol. The third kappa shape index (κ3) is 6.72. The number of para-hydroxylation sites is 2. The molecule has 8 heteroatoms. The number of amides is 2. The number of halogens is 1. The number of nitrogens with zero attached hydrogens (tertiary/aromatic N) is 2. The van der Waals surface area contributed by atoms with Gasteiger partial charge in [-0.1, -0.05) is 58.4 Å². The summed E-state index contributed by atoms with van der Waals surface area (Å²) in [5, 5.41) is 6.10. The van der Waals surface area contributed by atoms with E-state index in [0.29, 0.717) is 16.8 Å². The smallest absolute Gasteiger partial charge is 0.255 e. The molecule has 1 unspecified atom stereocenters. The van der Waals surface area contributed by atoms with Gasteiger partial charge in [0.05, 0.1) is 24.4 Å². The molecule has 210 valence electrons. The number of ether oxygens (including phenoxy) is 1. The van der Waals surface area contributed by atoms with Gasteiger partial charge in [0.25, 0.3) is 11.8 Å². The third-order valence-corrected chi connectivity index (χ3v) is 7.83. The number of hydrogen-bond acceptors (Lipinski definition) is 5. The van der Waals surface area contributed by atoms with E-state index in [9.17, 15) is 9.59 Å². The molecule has 0 radical (unpaired) electrons. The normalized spacial score (nSPS) is 13.8. The lowest BCUT2D eigenvalue weighted by Gasteiger charge is -2.38. The molecule has 1 fully saturated rings. The topological polar surface area (TPSA) is 73.9 Å². The Morgan fingerprint density at radius 3 is 2.10 bits per heavy atom. The van der Waals surface area contributed by atoms with Crippen LogP contribution < -0.4 is 25.2 Å². The molecule has 1 aliphatic heterocycles. The van der Waals surface area contributed by atoms with Gasteiger partial charge < -0.3 is 25.2 Å². The molecule has 0 aromatic heterocycles. The van der Waals surface area contributed by atoms with E-state index in [-0.39, 0.29) is 17.9 Å². The zero-order valence-electron chi connectivity index (χ0n) is 23.1. The van der Waals surface area contributed by atoms with Crippen molar-refractivity contribution in [2.75, 3.05) is 48.4 Å². The second-order valence-corrected chi connectivity index (χ2v) is 10.9. The number of hydrogen-bond donors (Lipinski definition) is 2. The summed E-state index contributed by atoms with van der Waals surface area (Å²) in [6, 6.07) is 30.4. The Morgan fingerprint density at radius 1 is 0.780 bits per heavy atom. The molecule has 0 bridgehead atoms. The van der Waals surface area contributed by atoms with Crippen LogP contribution >= 0.6 is 15.9 Å². The minimum absolute atomic E-state index is 0.181. The van der Waals surface area contributed by atoms with Crippen LogP contribution in [0.3, 0.4) is 0 Å². The molecule has 2 N–H and O–H groups in total. The third-order valence-electron chi connectivity index (χ3n) is 7.30. The van der Waals surface area contributed by atoms with Crippen molar-refractivity contribution >= 4 is 44.8 Å². The second-order valence-electron chi connectivity index (χ2n) is 9.94. The summed E-state index contributed by atoms with van der Waals surface area (Å²) in [7, 11) is 1.69. The SMILES string of the molecule is COc1ccccc1N1CCN(c2ccc(NC(=O)c3ccc(Br)cc3)cc2C(=O)NC(C)c2ccccc2)CC1. The minimum Gasteiger partial charge on any atom is -0.495 e. The lowest BCUT2D eigenvalue weighted by Crippen LogP contribution is -2.47. The average Bonchev–Trinajstić information content (AvgIpc) is 3.01. The highest BCUT2D eigenvalue weighted by Crippen LogP contribution is 2.31. The van der Waals surface area contributed by atoms with Crippen LogP contribution in [0, 0.1) is 0 Å². The average molecular weight is 614 g/mol. The first-order valence-electron chi connectivity index (χ1n) is 13.6. The van der Waals surface area contributed by atoms with Crippen LogP contribution in [-0.4, -0.2) is 45.1 Å². The van der Waals surface area contributed by atoms with Crippen LogP contribution in [0.15, 0.2) is 102 Å². The first kappa shape index (κ1) is 28.2. The highest BCUT2D eigenvalue weighted by molar-refractivity contribution is 9.10. The van der Waals surface area contributed by atoms with Gasteiger partial charge in [-0.25, -0.2) is 0 Å². The van der Waals surface area contributed by atoms with Gasteiger partial charge in [-0.15, -0.1) is 0 Å². The summed E-state index contributed by atoms with van der Waals surface area (Å²) < 4.78 is 6.47. The van der Waals surface area contributed by atoms with Crippen LogP contribution in [0.4, 0.5) is 17.1 Å². The highest BCUT2D eigenvalue weighted by Gasteiger charge is 2.24. The van der Waals surface area contributed by atoms with E-state index >= 15 is 0 Å². The van der Waals surface area contributed by atoms with Gasteiger partial charge in [0.1, 0.15) is 5.75 Å². The number of rotatable bonds is 8. The van der Waals surface area contributed by atoms with Gasteiger partial charge >= 0.3 is 0 Å². The number of piperazine rings is 1. The minimum atomic E-state index is -0.236. The Morgan fingerprint density at radius 2 is 1.41 bits per heavy atom. The molecule has 1 aliphatic rings. The monoisotopic (exact) mass is 612 g/mol. The number of anilines is 3. The summed E-state index contributed by atoms with van der Waals surface area (Å²) in [5.41, 5.74) is 4.54. The number of carbonyl (C=O) groups is 2. The van der Waals surface area contributed by atoms with Crippen molar-refractivity contribution in [3.63, 3.8) is 0 Å². The van der Waals surface area contributed by atoms with Crippen molar-refractivity contribution in [2.45, 2.75) is 13.0 Å². The van der Waals surface area contributed by atoms with Crippen molar-refractivity contribution < 1.29 is 14.3 Å². The molecule has 1 heterocycles. The maximum atomic E-state index is 13.7. The maximum Gasteiger partial charge on any atom is 0.255 e. The number of benzene rings is 4. The molecule has 1 atom stereocenters. The molecule has 2 amide bonds. The van der Waals surface area contributed by atoms with E-state index in [1.54, 1.807) is 25.3 Å². The first-order chi connectivity index (χ1) is 19.9. The Balaban J connectivity index is 1.38. The van der Waals surface area contributed by atoms with Crippen molar-refractivity contribution in [1.82, 2.24) is 5.32 Å². The largest absolute Gasteiger partial charge is 0.495 e. The van der Waals surface area contributed by atoms with E-state index in [1.807, 2.05) is 79.7 Å².